The monoisotopic (exact) mass is 340 g/mol. The fourth-order valence-electron chi connectivity index (χ4n) is 2.23. The van der Waals surface area contributed by atoms with Crippen LogP contribution in [0.1, 0.15) is 16.1 Å². The molecule has 2 heterocycles. The van der Waals surface area contributed by atoms with Gasteiger partial charge in [0.1, 0.15) is 17.9 Å². The van der Waals surface area contributed by atoms with Crippen molar-refractivity contribution in [2.75, 3.05) is 19.4 Å². The fraction of sp³-hybridized carbons (Fsp3) is 0.188. The Morgan fingerprint density at radius 2 is 2.12 bits per heavy atom. The predicted molar refractivity (Wildman–Crippen MR) is 90.6 cm³/mol. The number of nitrogens with zero attached hydrogens (tertiary/aromatic N) is 3. The molecule has 128 valence electrons. The van der Waals surface area contributed by atoms with Gasteiger partial charge < -0.3 is 20.8 Å². The van der Waals surface area contributed by atoms with Crippen molar-refractivity contribution in [2.45, 2.75) is 6.92 Å². The topological polar surface area (TPSA) is 136 Å². The lowest BCUT2D eigenvalue weighted by Crippen LogP contribution is -2.31. The maximum absolute atomic E-state index is 12.1. The van der Waals surface area contributed by atoms with E-state index in [1.54, 1.807) is 0 Å². The number of nitrogen functional groups attached to an aromatic ring is 1. The number of imidazole rings is 1. The molecule has 3 aromatic rings. The van der Waals surface area contributed by atoms with Gasteiger partial charge in [-0.15, -0.1) is 0 Å². The number of methoxy groups -OCH3 is 1. The van der Waals surface area contributed by atoms with E-state index in [-0.39, 0.29) is 23.8 Å². The number of esters is 1. The fourth-order valence-corrected chi connectivity index (χ4v) is 2.23. The minimum absolute atomic E-state index is 0.0183. The van der Waals surface area contributed by atoms with Crippen molar-refractivity contribution in [2.24, 2.45) is 0 Å². The average molecular weight is 340 g/mol. The van der Waals surface area contributed by atoms with Crippen LogP contribution in [0.5, 0.6) is 0 Å². The number of carbonyl (C=O) groups is 2. The molecule has 0 saturated carbocycles. The SMILES string of the molecule is COC(=O)CNC(=O)c1cnc(N)c(-c2nc3ccc(C)cc3[nH]2)n1. The summed E-state index contributed by atoms with van der Waals surface area (Å²) in [7, 11) is 1.24. The molecule has 4 N–H and O–H groups in total. The molecule has 0 bridgehead atoms. The lowest BCUT2D eigenvalue weighted by molar-refractivity contribution is -0.139. The molecule has 1 aromatic carbocycles. The van der Waals surface area contributed by atoms with Gasteiger partial charge in [0.15, 0.2) is 11.6 Å². The van der Waals surface area contributed by atoms with Gasteiger partial charge in [-0.1, -0.05) is 6.07 Å². The normalized spacial score (nSPS) is 10.6. The summed E-state index contributed by atoms with van der Waals surface area (Å²) in [6.07, 6.45) is 1.23. The Hall–Kier alpha value is -3.49. The van der Waals surface area contributed by atoms with Crippen molar-refractivity contribution in [3.63, 3.8) is 0 Å². The Morgan fingerprint density at radius 3 is 2.88 bits per heavy atom. The maximum Gasteiger partial charge on any atom is 0.325 e. The summed E-state index contributed by atoms with van der Waals surface area (Å²) in [6.45, 7) is 1.71. The van der Waals surface area contributed by atoms with Gasteiger partial charge in [0.25, 0.3) is 5.91 Å². The summed E-state index contributed by atoms with van der Waals surface area (Å²) in [5.41, 5.74) is 8.82. The second-order valence-electron chi connectivity index (χ2n) is 5.35. The molecule has 0 spiro atoms. The number of hydrogen-bond acceptors (Lipinski definition) is 7. The van der Waals surface area contributed by atoms with Crippen molar-refractivity contribution in [3.8, 4) is 11.5 Å². The highest BCUT2D eigenvalue weighted by molar-refractivity contribution is 5.94. The Kier molecular flexibility index (Phi) is 4.29. The van der Waals surface area contributed by atoms with E-state index < -0.39 is 11.9 Å². The Bertz CT molecular complexity index is 966. The van der Waals surface area contributed by atoms with E-state index in [2.05, 4.69) is 30.0 Å². The van der Waals surface area contributed by atoms with E-state index in [0.29, 0.717) is 5.82 Å². The number of hydrogen-bond donors (Lipinski definition) is 3. The number of benzene rings is 1. The van der Waals surface area contributed by atoms with Crippen LogP contribution in [0.4, 0.5) is 5.82 Å². The number of ether oxygens (including phenoxy) is 1. The number of rotatable bonds is 4. The van der Waals surface area contributed by atoms with Gasteiger partial charge in [0.05, 0.1) is 24.3 Å². The summed E-state index contributed by atoms with van der Waals surface area (Å²) in [5, 5.41) is 2.39. The minimum Gasteiger partial charge on any atom is -0.468 e. The molecule has 0 unspecified atom stereocenters. The molecule has 2 aromatic heterocycles. The molecule has 1 amide bonds. The molecule has 0 atom stereocenters. The van der Waals surface area contributed by atoms with Gasteiger partial charge in [-0.2, -0.15) is 0 Å². The van der Waals surface area contributed by atoms with Gasteiger partial charge in [0.2, 0.25) is 0 Å². The number of H-pyrrole nitrogens is 1. The van der Waals surface area contributed by atoms with Crippen LogP contribution in [-0.4, -0.2) is 45.5 Å². The Balaban J connectivity index is 1.93. The molecule has 9 nitrogen and oxygen atoms in total. The van der Waals surface area contributed by atoms with E-state index in [0.717, 1.165) is 16.6 Å². The van der Waals surface area contributed by atoms with Crippen molar-refractivity contribution >= 4 is 28.7 Å². The standard InChI is InChI=1S/C16H16N6O3/c1-8-3-4-9-10(5-8)22-15(21-9)13-14(17)18-6-11(20-13)16(24)19-7-12(23)25-2/h3-6H,7H2,1-2H3,(H2,17,18)(H,19,24)(H,21,22). The summed E-state index contributed by atoms with van der Waals surface area (Å²) in [4.78, 5) is 38.9. The zero-order chi connectivity index (χ0) is 18.0. The number of aromatic nitrogens is 4. The summed E-state index contributed by atoms with van der Waals surface area (Å²) >= 11 is 0. The van der Waals surface area contributed by atoms with E-state index in [1.165, 1.54) is 13.3 Å². The molecule has 3 rings (SSSR count). The first-order valence-electron chi connectivity index (χ1n) is 7.42. The molecule has 0 aliphatic rings. The van der Waals surface area contributed by atoms with Gasteiger partial charge in [-0.05, 0) is 24.6 Å². The van der Waals surface area contributed by atoms with Crippen molar-refractivity contribution in [1.82, 2.24) is 25.3 Å². The lowest BCUT2D eigenvalue weighted by Gasteiger charge is -2.05. The molecule has 0 aliphatic carbocycles. The lowest BCUT2D eigenvalue weighted by atomic mass is 10.2. The summed E-state index contributed by atoms with van der Waals surface area (Å²) in [5.74, 6) is -0.579. The largest absolute Gasteiger partial charge is 0.468 e. The molecule has 0 saturated heterocycles. The predicted octanol–water partition coefficient (Wildman–Crippen LogP) is 0.813. The van der Waals surface area contributed by atoms with Crippen molar-refractivity contribution < 1.29 is 14.3 Å². The van der Waals surface area contributed by atoms with Gasteiger partial charge >= 0.3 is 5.97 Å². The van der Waals surface area contributed by atoms with Crippen LogP contribution in [0.2, 0.25) is 0 Å². The second kappa shape index (κ2) is 6.56. The number of fused-ring (bicyclic) bond motifs is 1. The van der Waals surface area contributed by atoms with Gasteiger partial charge in [-0.3, -0.25) is 9.59 Å². The summed E-state index contributed by atoms with van der Waals surface area (Å²) in [6, 6.07) is 5.77. The van der Waals surface area contributed by atoms with Crippen LogP contribution >= 0.6 is 0 Å². The number of nitrogens with two attached hydrogens (primary N) is 1. The zero-order valence-electron chi connectivity index (χ0n) is 13.7. The molecular formula is C16H16N6O3. The van der Waals surface area contributed by atoms with E-state index in [4.69, 9.17) is 5.73 Å². The van der Waals surface area contributed by atoms with Gasteiger partial charge in [0, 0.05) is 0 Å². The summed E-state index contributed by atoms with van der Waals surface area (Å²) < 4.78 is 4.47. The third-order valence-corrected chi connectivity index (χ3v) is 3.52. The number of anilines is 1. The first kappa shape index (κ1) is 16.4. The molecule has 0 aliphatic heterocycles. The minimum atomic E-state index is -0.565. The van der Waals surface area contributed by atoms with Crippen molar-refractivity contribution in [1.29, 1.82) is 0 Å². The van der Waals surface area contributed by atoms with Crippen LogP contribution in [0.25, 0.3) is 22.6 Å². The smallest absolute Gasteiger partial charge is 0.325 e. The van der Waals surface area contributed by atoms with E-state index >= 15 is 0 Å². The number of aromatic amines is 1. The van der Waals surface area contributed by atoms with Gasteiger partial charge in [-0.25, -0.2) is 15.0 Å². The number of amides is 1. The third-order valence-electron chi connectivity index (χ3n) is 3.52. The van der Waals surface area contributed by atoms with E-state index in [9.17, 15) is 9.59 Å². The highest BCUT2D eigenvalue weighted by atomic mass is 16.5. The number of carbonyl (C=O) groups excluding carboxylic acids is 2. The third kappa shape index (κ3) is 3.39. The highest BCUT2D eigenvalue weighted by Crippen LogP contribution is 2.23. The highest BCUT2D eigenvalue weighted by Gasteiger charge is 2.16. The number of aryl methyl sites for hydroxylation is 1. The van der Waals surface area contributed by atoms with Crippen LogP contribution in [0.15, 0.2) is 24.4 Å². The van der Waals surface area contributed by atoms with E-state index in [1.807, 2.05) is 25.1 Å². The second-order valence-corrected chi connectivity index (χ2v) is 5.35. The molecule has 0 fully saturated rings. The molecule has 0 radical (unpaired) electrons. The van der Waals surface area contributed by atoms with Crippen LogP contribution in [0.3, 0.4) is 0 Å². The molecule has 9 heteroatoms. The van der Waals surface area contributed by atoms with Crippen molar-refractivity contribution in [3.05, 3.63) is 35.7 Å². The number of nitrogens with one attached hydrogen (secondary N) is 2. The average Bonchev–Trinajstić information content (AvgIpc) is 3.02. The van der Waals surface area contributed by atoms with Crippen LogP contribution in [0, 0.1) is 6.92 Å². The Morgan fingerprint density at radius 1 is 1.32 bits per heavy atom. The Labute approximate surface area is 142 Å². The first-order valence-corrected chi connectivity index (χ1v) is 7.42. The zero-order valence-corrected chi connectivity index (χ0v) is 13.7. The van der Waals surface area contributed by atoms with Crippen LogP contribution < -0.4 is 11.1 Å². The quantitative estimate of drug-likeness (QED) is 0.598. The maximum atomic E-state index is 12.1. The molecule has 25 heavy (non-hydrogen) atoms. The molecular weight excluding hydrogens is 324 g/mol. The van der Waals surface area contributed by atoms with Crippen LogP contribution in [-0.2, 0) is 9.53 Å². The first-order chi connectivity index (χ1) is 12.0.